The van der Waals surface area contributed by atoms with E-state index in [2.05, 4.69) is 9.71 Å². The number of sulfonamides is 1. The van der Waals surface area contributed by atoms with Gasteiger partial charge in [-0.25, -0.2) is 27.3 Å². The zero-order valence-corrected chi connectivity index (χ0v) is 22.9. The number of carbonyl (C=O) groups is 1. The lowest BCUT2D eigenvalue weighted by Crippen LogP contribution is -2.23. The van der Waals surface area contributed by atoms with E-state index in [0.29, 0.717) is 27.9 Å². The third-order valence-electron chi connectivity index (χ3n) is 5.89. The molecule has 3 aromatic carbocycles. The van der Waals surface area contributed by atoms with Crippen molar-refractivity contribution in [1.82, 2.24) is 14.3 Å². The topological polar surface area (TPSA) is 126 Å². The standard InChI is InChI=1S/C27H27FN4O5S.ClH/c1-36-22-8-6-18(7-9-22)15-31-38(34,35)23-5-3-4-19(12-23)24-13-20(27(33)37-2)14-25-26(24)30-17-32(25)16-21(28)10-11-29;/h3-10,12-14,17,31H,11,15-16,29H2,1-2H3;1H/b21-10-;. The molecule has 1 heterocycles. The first-order chi connectivity index (χ1) is 18.2. The lowest BCUT2D eigenvalue weighted by molar-refractivity contribution is 0.0601. The maximum absolute atomic E-state index is 14.2. The van der Waals surface area contributed by atoms with Crippen LogP contribution in [0.25, 0.3) is 22.2 Å². The van der Waals surface area contributed by atoms with E-state index in [4.69, 9.17) is 15.2 Å². The van der Waals surface area contributed by atoms with E-state index in [1.54, 1.807) is 60.2 Å². The molecule has 0 radical (unpaired) electrons. The zero-order chi connectivity index (χ0) is 27.3. The van der Waals surface area contributed by atoms with Crippen molar-refractivity contribution in [2.24, 2.45) is 5.73 Å². The van der Waals surface area contributed by atoms with Crippen LogP contribution in [-0.2, 0) is 27.8 Å². The highest BCUT2D eigenvalue weighted by molar-refractivity contribution is 7.89. The maximum Gasteiger partial charge on any atom is 0.337 e. The molecule has 0 bridgehead atoms. The molecule has 0 unspecified atom stereocenters. The summed E-state index contributed by atoms with van der Waals surface area (Å²) in [5.74, 6) is -0.373. The minimum atomic E-state index is -3.87. The number of fused-ring (bicyclic) bond motifs is 1. The Morgan fingerprint density at radius 1 is 1.13 bits per heavy atom. The normalized spacial score (nSPS) is 11.7. The van der Waals surface area contributed by atoms with Gasteiger partial charge in [0.05, 0.1) is 48.6 Å². The highest BCUT2D eigenvalue weighted by atomic mass is 35.5. The fourth-order valence-electron chi connectivity index (χ4n) is 3.94. The first kappa shape index (κ1) is 29.8. The Kier molecular flexibility index (Phi) is 9.81. The maximum atomic E-state index is 14.2. The molecule has 4 aromatic rings. The molecule has 0 aliphatic rings. The van der Waals surface area contributed by atoms with E-state index in [1.807, 2.05) is 0 Å². The molecule has 0 amide bonds. The number of allylic oxidation sites excluding steroid dienone is 1. The van der Waals surface area contributed by atoms with Gasteiger partial charge in [0.25, 0.3) is 0 Å². The van der Waals surface area contributed by atoms with E-state index in [1.165, 1.54) is 31.6 Å². The number of nitrogens with two attached hydrogens (primary N) is 1. The number of nitrogens with zero attached hydrogens (tertiary/aromatic N) is 2. The molecule has 0 fully saturated rings. The fraction of sp³-hybridized carbons (Fsp3) is 0.185. The summed E-state index contributed by atoms with van der Waals surface area (Å²) >= 11 is 0. The average molecular weight is 575 g/mol. The first-order valence-electron chi connectivity index (χ1n) is 11.6. The van der Waals surface area contributed by atoms with Gasteiger partial charge in [0, 0.05) is 18.7 Å². The number of nitrogens with one attached hydrogen (secondary N) is 1. The predicted molar refractivity (Wildman–Crippen MR) is 149 cm³/mol. The van der Waals surface area contributed by atoms with Crippen LogP contribution in [0.2, 0.25) is 0 Å². The molecule has 39 heavy (non-hydrogen) atoms. The van der Waals surface area contributed by atoms with E-state index in [9.17, 15) is 17.6 Å². The van der Waals surface area contributed by atoms with Crippen LogP contribution >= 0.6 is 12.4 Å². The molecule has 9 nitrogen and oxygen atoms in total. The molecule has 12 heteroatoms. The second-order valence-electron chi connectivity index (χ2n) is 8.34. The molecule has 0 saturated carbocycles. The van der Waals surface area contributed by atoms with E-state index >= 15 is 0 Å². The Balaban J connectivity index is 0.00000420. The van der Waals surface area contributed by atoms with Crippen LogP contribution in [0, 0.1) is 0 Å². The van der Waals surface area contributed by atoms with Crippen molar-refractivity contribution in [2.75, 3.05) is 20.8 Å². The summed E-state index contributed by atoms with van der Waals surface area (Å²) in [6.45, 7) is 0.0112. The van der Waals surface area contributed by atoms with Gasteiger partial charge in [-0.05, 0) is 53.6 Å². The molecule has 0 aliphatic carbocycles. The number of ether oxygens (including phenoxy) is 2. The SMILES string of the molecule is COC(=O)c1cc(-c2cccc(S(=O)(=O)NCc3ccc(OC)cc3)c2)c2ncn(C/C(F)=C/CN)c2c1.Cl. The Bertz CT molecular complexity index is 1600. The molecule has 3 N–H and O–H groups in total. The van der Waals surface area contributed by atoms with Gasteiger partial charge in [-0.15, -0.1) is 12.4 Å². The van der Waals surface area contributed by atoms with E-state index in [-0.39, 0.29) is 42.5 Å². The summed E-state index contributed by atoms with van der Waals surface area (Å²) in [5.41, 5.74) is 8.34. The van der Waals surface area contributed by atoms with Crippen LogP contribution in [0.15, 0.2) is 83.8 Å². The summed E-state index contributed by atoms with van der Waals surface area (Å²) in [6.07, 6.45) is 2.71. The van der Waals surface area contributed by atoms with Gasteiger partial charge >= 0.3 is 5.97 Å². The van der Waals surface area contributed by atoms with Crippen molar-refractivity contribution < 1.29 is 27.1 Å². The number of methoxy groups -OCH3 is 2. The number of aromatic nitrogens is 2. The summed E-state index contributed by atoms with van der Waals surface area (Å²) in [4.78, 5) is 16.9. The van der Waals surface area contributed by atoms with Crippen molar-refractivity contribution in [1.29, 1.82) is 0 Å². The van der Waals surface area contributed by atoms with Crippen molar-refractivity contribution in [3.05, 3.63) is 90.0 Å². The molecule has 0 aliphatic heterocycles. The van der Waals surface area contributed by atoms with Crippen molar-refractivity contribution >= 4 is 39.4 Å². The van der Waals surface area contributed by atoms with Gasteiger partial charge in [-0.2, -0.15) is 0 Å². The highest BCUT2D eigenvalue weighted by Crippen LogP contribution is 2.31. The van der Waals surface area contributed by atoms with Crippen LogP contribution in [0.5, 0.6) is 5.75 Å². The number of benzene rings is 3. The number of esters is 1. The first-order valence-corrected chi connectivity index (χ1v) is 13.1. The van der Waals surface area contributed by atoms with Crippen molar-refractivity contribution in [3.63, 3.8) is 0 Å². The number of hydrogen-bond donors (Lipinski definition) is 2. The minimum Gasteiger partial charge on any atom is -0.497 e. The molecule has 4 rings (SSSR count). The van der Waals surface area contributed by atoms with Crippen LogP contribution < -0.4 is 15.2 Å². The Morgan fingerprint density at radius 3 is 2.54 bits per heavy atom. The van der Waals surface area contributed by atoms with E-state index < -0.39 is 21.8 Å². The number of halogens is 2. The molecular formula is C27H28ClFN4O5S. The van der Waals surface area contributed by atoms with Gasteiger partial charge in [-0.1, -0.05) is 24.3 Å². The molecule has 1 aromatic heterocycles. The van der Waals surface area contributed by atoms with Gasteiger partial charge in [0.2, 0.25) is 10.0 Å². The van der Waals surface area contributed by atoms with Crippen LogP contribution in [0.4, 0.5) is 4.39 Å². The van der Waals surface area contributed by atoms with Crippen LogP contribution in [0.1, 0.15) is 15.9 Å². The summed E-state index contributed by atoms with van der Waals surface area (Å²) in [5, 5.41) is 0. The zero-order valence-electron chi connectivity index (χ0n) is 21.3. The monoisotopic (exact) mass is 574 g/mol. The second kappa shape index (κ2) is 12.9. The Labute approximate surface area is 231 Å². The molecular weight excluding hydrogens is 547 g/mol. The van der Waals surface area contributed by atoms with Crippen LogP contribution in [-0.4, -0.2) is 44.7 Å². The number of carbonyl (C=O) groups excluding carboxylic acids is 1. The Morgan fingerprint density at radius 2 is 1.87 bits per heavy atom. The van der Waals surface area contributed by atoms with Crippen LogP contribution in [0.3, 0.4) is 0 Å². The van der Waals surface area contributed by atoms with Gasteiger partial charge in [-0.3, -0.25) is 0 Å². The summed E-state index contributed by atoms with van der Waals surface area (Å²) in [7, 11) is -1.06. The van der Waals surface area contributed by atoms with Gasteiger partial charge < -0.3 is 19.8 Å². The quantitative estimate of drug-likeness (QED) is 0.272. The minimum absolute atomic E-state index is 0. The predicted octanol–water partition coefficient (Wildman–Crippen LogP) is 4.21. The third-order valence-corrected chi connectivity index (χ3v) is 7.29. The molecule has 206 valence electrons. The largest absolute Gasteiger partial charge is 0.497 e. The van der Waals surface area contributed by atoms with E-state index in [0.717, 1.165) is 5.56 Å². The summed E-state index contributed by atoms with van der Waals surface area (Å²) < 4.78 is 54.6. The number of imidazole rings is 1. The average Bonchev–Trinajstić information content (AvgIpc) is 3.33. The number of hydrogen-bond acceptors (Lipinski definition) is 7. The van der Waals surface area contributed by atoms with Gasteiger partial charge in [0.15, 0.2) is 0 Å². The summed E-state index contributed by atoms with van der Waals surface area (Å²) in [6, 6.07) is 16.5. The second-order valence-corrected chi connectivity index (χ2v) is 10.1. The van der Waals surface area contributed by atoms with Crippen molar-refractivity contribution in [3.8, 4) is 16.9 Å². The lowest BCUT2D eigenvalue weighted by atomic mass is 10.0. The molecule has 0 spiro atoms. The third kappa shape index (κ3) is 6.82. The number of rotatable bonds is 10. The lowest BCUT2D eigenvalue weighted by Gasteiger charge is -2.11. The van der Waals surface area contributed by atoms with Crippen molar-refractivity contribution in [2.45, 2.75) is 18.0 Å². The van der Waals surface area contributed by atoms with Gasteiger partial charge in [0.1, 0.15) is 11.6 Å². The Hall–Kier alpha value is -3.77. The highest BCUT2D eigenvalue weighted by Gasteiger charge is 2.19. The smallest absolute Gasteiger partial charge is 0.337 e. The molecule has 0 atom stereocenters. The fourth-order valence-corrected chi connectivity index (χ4v) is 5.00. The molecule has 0 saturated heterocycles.